The van der Waals surface area contributed by atoms with Crippen LogP contribution in [0.15, 0.2) is 11.8 Å². The molecule has 14 heavy (non-hydrogen) atoms. The molecule has 0 aromatic rings. The highest BCUT2D eigenvalue weighted by molar-refractivity contribution is 5.98. The Bertz CT molecular complexity index is 324. The van der Waals surface area contributed by atoms with Crippen LogP contribution in [0.25, 0.3) is 0 Å². The number of hydrogen-bond donors (Lipinski definition) is 0. The van der Waals surface area contributed by atoms with E-state index in [1.807, 2.05) is 0 Å². The molecule has 0 aromatic carbocycles. The van der Waals surface area contributed by atoms with Crippen molar-refractivity contribution in [3.63, 3.8) is 0 Å². The summed E-state index contributed by atoms with van der Waals surface area (Å²) in [6.07, 6.45) is 2.48. The van der Waals surface area contributed by atoms with E-state index in [9.17, 15) is 9.59 Å². The topological polar surface area (TPSA) is 49.9 Å². The Hall–Kier alpha value is -1.36. The third kappa shape index (κ3) is 1.13. The molecule has 76 valence electrons. The zero-order chi connectivity index (χ0) is 10.3. The Balaban J connectivity index is 2.29. The summed E-state index contributed by atoms with van der Waals surface area (Å²) in [5.74, 6) is -0.0743. The molecule has 5 nitrogen and oxygen atoms in total. The van der Waals surface area contributed by atoms with Crippen LogP contribution in [0.5, 0.6) is 0 Å². The summed E-state index contributed by atoms with van der Waals surface area (Å²) in [7, 11) is 1.47. The summed E-state index contributed by atoms with van der Waals surface area (Å²) in [6.45, 7) is 2.02. The maximum atomic E-state index is 11.7. The second-order valence-electron chi connectivity index (χ2n) is 3.44. The lowest BCUT2D eigenvalue weighted by atomic mass is 10.1. The summed E-state index contributed by atoms with van der Waals surface area (Å²) >= 11 is 0. The molecule has 2 aliphatic heterocycles. The van der Waals surface area contributed by atoms with Crippen molar-refractivity contribution in [1.29, 1.82) is 0 Å². The molecule has 2 aliphatic rings. The molecular formula is C9H12N2O3. The van der Waals surface area contributed by atoms with Crippen molar-refractivity contribution in [3.8, 4) is 0 Å². The van der Waals surface area contributed by atoms with Gasteiger partial charge in [-0.25, -0.2) is 4.79 Å². The number of Topliss-reactive ketones (excluding diaryl/α,β-unsaturated/α-hetero) is 1. The molecule has 2 rings (SSSR count). The van der Waals surface area contributed by atoms with Crippen LogP contribution < -0.4 is 0 Å². The summed E-state index contributed by atoms with van der Waals surface area (Å²) in [5.41, 5.74) is 0.491. The molecule has 0 aromatic heterocycles. The van der Waals surface area contributed by atoms with Crippen LogP contribution in [-0.4, -0.2) is 41.5 Å². The molecule has 5 heteroatoms. The summed E-state index contributed by atoms with van der Waals surface area (Å²) in [5, 5.41) is 1.33. The van der Waals surface area contributed by atoms with E-state index in [1.54, 1.807) is 6.08 Å². The van der Waals surface area contributed by atoms with Crippen LogP contribution >= 0.6 is 0 Å². The minimum atomic E-state index is -0.239. The number of carbonyl (C=O) groups excluding carboxylic acids is 2. The summed E-state index contributed by atoms with van der Waals surface area (Å²) in [4.78, 5) is 29.3. The second-order valence-corrected chi connectivity index (χ2v) is 3.44. The van der Waals surface area contributed by atoms with Gasteiger partial charge in [0.25, 0.3) is 0 Å². The van der Waals surface area contributed by atoms with Gasteiger partial charge < -0.3 is 0 Å². The molecule has 1 atom stereocenters. The molecule has 0 aliphatic carbocycles. The molecule has 2 amide bonds. The van der Waals surface area contributed by atoms with Gasteiger partial charge in [0.1, 0.15) is 0 Å². The van der Waals surface area contributed by atoms with Crippen molar-refractivity contribution >= 4 is 11.8 Å². The van der Waals surface area contributed by atoms with Gasteiger partial charge in [-0.05, 0) is 6.42 Å². The first-order chi connectivity index (χ1) is 6.65. The van der Waals surface area contributed by atoms with E-state index in [2.05, 4.69) is 0 Å². The smallest absolute Gasteiger partial charge is 0.293 e. The van der Waals surface area contributed by atoms with E-state index in [0.29, 0.717) is 18.7 Å². The van der Waals surface area contributed by atoms with Crippen molar-refractivity contribution in [2.75, 3.05) is 13.7 Å². The maximum absolute atomic E-state index is 11.7. The van der Waals surface area contributed by atoms with Crippen LogP contribution in [-0.2, 0) is 9.63 Å². The summed E-state index contributed by atoms with van der Waals surface area (Å²) in [6, 6.07) is -0.188. The van der Waals surface area contributed by atoms with Gasteiger partial charge in [0, 0.05) is 6.92 Å². The Morgan fingerprint density at radius 1 is 1.64 bits per heavy atom. The number of nitrogens with zero attached hydrogens (tertiary/aromatic N) is 2. The quantitative estimate of drug-likeness (QED) is 0.647. The van der Waals surface area contributed by atoms with Crippen molar-refractivity contribution in [2.45, 2.75) is 19.4 Å². The lowest BCUT2D eigenvalue weighted by Crippen LogP contribution is -2.32. The number of hydroxylamine groups is 2. The molecule has 1 fully saturated rings. The highest BCUT2D eigenvalue weighted by Gasteiger charge is 2.42. The van der Waals surface area contributed by atoms with Crippen LogP contribution in [0.1, 0.15) is 13.3 Å². The molecule has 0 radical (unpaired) electrons. The number of fused-ring (bicyclic) bond motifs is 2. The Morgan fingerprint density at radius 2 is 2.36 bits per heavy atom. The normalized spacial score (nSPS) is 25.4. The number of amides is 2. The predicted octanol–water partition coefficient (Wildman–Crippen LogP) is 0.531. The van der Waals surface area contributed by atoms with E-state index < -0.39 is 0 Å². The van der Waals surface area contributed by atoms with E-state index in [4.69, 9.17) is 4.84 Å². The lowest BCUT2D eigenvalue weighted by molar-refractivity contribution is -0.114. The number of hydrogen-bond acceptors (Lipinski definition) is 3. The fourth-order valence-corrected chi connectivity index (χ4v) is 1.93. The fourth-order valence-electron chi connectivity index (χ4n) is 1.93. The van der Waals surface area contributed by atoms with Crippen molar-refractivity contribution in [1.82, 2.24) is 9.96 Å². The highest BCUT2D eigenvalue weighted by atomic mass is 16.7. The van der Waals surface area contributed by atoms with Gasteiger partial charge in [-0.15, -0.1) is 0 Å². The van der Waals surface area contributed by atoms with E-state index >= 15 is 0 Å². The molecule has 2 heterocycles. The van der Waals surface area contributed by atoms with E-state index in [0.717, 1.165) is 0 Å². The predicted molar refractivity (Wildman–Crippen MR) is 48.1 cm³/mol. The van der Waals surface area contributed by atoms with Crippen molar-refractivity contribution in [2.24, 2.45) is 0 Å². The number of ketones is 1. The largest absolute Gasteiger partial charge is 0.348 e. The number of carbonyl (C=O) groups is 2. The molecule has 0 saturated carbocycles. The van der Waals surface area contributed by atoms with Gasteiger partial charge in [0.2, 0.25) is 0 Å². The van der Waals surface area contributed by atoms with Gasteiger partial charge in [0.05, 0.1) is 25.4 Å². The van der Waals surface area contributed by atoms with Crippen molar-refractivity contribution < 1.29 is 14.4 Å². The highest BCUT2D eigenvalue weighted by Crippen LogP contribution is 2.28. The van der Waals surface area contributed by atoms with Crippen LogP contribution in [0.3, 0.4) is 0 Å². The van der Waals surface area contributed by atoms with Gasteiger partial charge >= 0.3 is 6.03 Å². The summed E-state index contributed by atoms with van der Waals surface area (Å²) < 4.78 is 0. The minimum absolute atomic E-state index is 0.0515. The third-order valence-electron chi connectivity index (χ3n) is 2.58. The molecular weight excluding hydrogens is 184 g/mol. The fraction of sp³-hybridized carbons (Fsp3) is 0.556. The Labute approximate surface area is 81.9 Å². The van der Waals surface area contributed by atoms with Crippen molar-refractivity contribution in [3.05, 3.63) is 11.8 Å². The molecule has 1 saturated heterocycles. The number of rotatable bonds is 2. The average Bonchev–Trinajstić information content (AvgIpc) is 2.39. The van der Waals surface area contributed by atoms with Crippen LogP contribution in [0, 0.1) is 0 Å². The zero-order valence-corrected chi connectivity index (χ0v) is 8.19. The van der Waals surface area contributed by atoms with Crippen LogP contribution in [0.2, 0.25) is 0 Å². The first kappa shape index (κ1) is 9.21. The first-order valence-corrected chi connectivity index (χ1v) is 4.51. The second kappa shape index (κ2) is 3.09. The lowest BCUT2D eigenvalue weighted by Gasteiger charge is -2.19. The van der Waals surface area contributed by atoms with E-state index in [1.165, 1.54) is 24.0 Å². The average molecular weight is 196 g/mol. The number of urea groups is 1. The zero-order valence-electron chi connectivity index (χ0n) is 8.19. The Kier molecular flexibility index (Phi) is 2.03. The first-order valence-electron chi connectivity index (χ1n) is 4.51. The maximum Gasteiger partial charge on any atom is 0.348 e. The minimum Gasteiger partial charge on any atom is -0.293 e. The van der Waals surface area contributed by atoms with Crippen LogP contribution in [0.4, 0.5) is 4.79 Å². The Morgan fingerprint density at radius 3 is 2.93 bits per heavy atom. The standard InChI is InChI=1S/C9H12N2O3/c1-6(12)8-4-3-7-5-10(8)9(13)11(7)14-2/h4,7H,3,5H2,1-2H3/t7-/m1/s1. The third-order valence-corrected chi connectivity index (χ3v) is 2.58. The monoisotopic (exact) mass is 196 g/mol. The van der Waals surface area contributed by atoms with Gasteiger partial charge in [0.15, 0.2) is 5.78 Å². The SMILES string of the molecule is CON1C(=O)N2C[C@H]1CC=C2C(C)=O. The van der Waals surface area contributed by atoms with Gasteiger partial charge in [-0.3, -0.25) is 14.5 Å². The van der Waals surface area contributed by atoms with E-state index in [-0.39, 0.29) is 17.9 Å². The molecule has 0 N–H and O–H groups in total. The molecule has 0 spiro atoms. The number of allylic oxidation sites excluding steroid dienone is 1. The molecule has 0 unspecified atom stereocenters. The van der Waals surface area contributed by atoms with Gasteiger partial charge in [-0.2, -0.15) is 5.06 Å². The molecule has 2 bridgehead atoms. The van der Waals surface area contributed by atoms with Gasteiger partial charge in [-0.1, -0.05) is 6.08 Å².